The number of aromatic nitrogens is 3. The van der Waals surface area contributed by atoms with Gasteiger partial charge in [0.15, 0.2) is 5.94 Å². The number of aromatic amines is 1. The van der Waals surface area contributed by atoms with Crippen molar-refractivity contribution in [1.29, 1.82) is 0 Å². The second kappa shape index (κ2) is 9.39. The highest BCUT2D eigenvalue weighted by molar-refractivity contribution is 7.91. The largest absolute Gasteiger partial charge is 0.483 e. The number of hydrogen-bond acceptors (Lipinski definition) is 7. The number of carboxylic acid groups (broad SMARTS) is 1. The monoisotopic (exact) mass is 429 g/mol. The van der Waals surface area contributed by atoms with E-state index in [1.54, 1.807) is 25.1 Å². The van der Waals surface area contributed by atoms with Crippen LogP contribution in [0.3, 0.4) is 0 Å². The standard InChI is InChI=1S/C16H15F2N3O4S.CH2O2/c1-9-7-10(3-4-12(9)26(22,23)8-24-2)14-13-11(5-6-19-14)20-21-15(13)25-16(17)18;2-1-3/h3-7,16H,8H2,1-2H3,(H,20,21);1H,(H,2,3). The smallest absolute Gasteiger partial charge is 0.388 e. The molecule has 0 saturated carbocycles. The summed E-state index contributed by atoms with van der Waals surface area (Å²) in [6.45, 7) is -1.64. The van der Waals surface area contributed by atoms with E-state index in [0.29, 0.717) is 27.7 Å². The number of fused-ring (bicyclic) bond motifs is 1. The van der Waals surface area contributed by atoms with Crippen molar-refractivity contribution in [3.8, 4) is 17.1 Å². The second-order valence-corrected chi connectivity index (χ2v) is 7.50. The van der Waals surface area contributed by atoms with Crippen LogP contribution in [0.5, 0.6) is 5.88 Å². The Balaban J connectivity index is 0.000000941. The molecule has 0 fully saturated rings. The summed E-state index contributed by atoms with van der Waals surface area (Å²) in [4.78, 5) is 12.7. The molecule has 1 aromatic carbocycles. The molecule has 156 valence electrons. The molecule has 0 atom stereocenters. The minimum atomic E-state index is -3.58. The van der Waals surface area contributed by atoms with Crippen molar-refractivity contribution in [1.82, 2.24) is 15.2 Å². The molecule has 3 aromatic rings. The summed E-state index contributed by atoms with van der Waals surface area (Å²) in [5.74, 6) is -0.707. The summed E-state index contributed by atoms with van der Waals surface area (Å²) < 4.78 is 58.8. The molecule has 0 spiro atoms. The van der Waals surface area contributed by atoms with Gasteiger partial charge in [-0.05, 0) is 30.7 Å². The molecule has 3 rings (SSSR count). The van der Waals surface area contributed by atoms with Crippen LogP contribution < -0.4 is 4.74 Å². The summed E-state index contributed by atoms with van der Waals surface area (Å²) in [5, 5.41) is 13.5. The van der Waals surface area contributed by atoms with Crippen LogP contribution in [-0.4, -0.2) is 54.8 Å². The fourth-order valence-corrected chi connectivity index (χ4v) is 3.95. The number of benzene rings is 1. The van der Waals surface area contributed by atoms with Crippen LogP contribution >= 0.6 is 0 Å². The third-order valence-corrected chi connectivity index (χ3v) is 5.37. The number of rotatable bonds is 6. The Morgan fingerprint density at radius 2 is 2.00 bits per heavy atom. The molecule has 29 heavy (non-hydrogen) atoms. The fourth-order valence-electron chi connectivity index (χ4n) is 2.69. The molecule has 2 N–H and O–H groups in total. The number of aryl methyl sites for hydroxylation is 1. The van der Waals surface area contributed by atoms with Crippen molar-refractivity contribution in [3.63, 3.8) is 0 Å². The Kier molecular flexibility index (Phi) is 7.18. The van der Waals surface area contributed by atoms with E-state index in [4.69, 9.17) is 14.6 Å². The topological polar surface area (TPSA) is 131 Å². The van der Waals surface area contributed by atoms with Crippen molar-refractivity contribution in [2.24, 2.45) is 0 Å². The Labute approximate surface area is 164 Å². The first-order valence-electron chi connectivity index (χ1n) is 7.93. The number of sulfone groups is 1. The highest BCUT2D eigenvalue weighted by Gasteiger charge is 2.20. The van der Waals surface area contributed by atoms with Gasteiger partial charge in [-0.15, -0.1) is 5.10 Å². The Morgan fingerprint density at radius 1 is 1.31 bits per heavy atom. The van der Waals surface area contributed by atoms with Crippen molar-refractivity contribution in [3.05, 3.63) is 36.0 Å². The lowest BCUT2D eigenvalue weighted by atomic mass is 10.1. The van der Waals surface area contributed by atoms with E-state index >= 15 is 0 Å². The molecule has 12 heteroatoms. The minimum Gasteiger partial charge on any atom is -0.483 e. The normalized spacial score (nSPS) is 11.2. The number of pyridine rings is 1. The maximum Gasteiger partial charge on any atom is 0.388 e. The van der Waals surface area contributed by atoms with Crippen molar-refractivity contribution in [2.45, 2.75) is 18.4 Å². The zero-order chi connectivity index (χ0) is 21.6. The molecule has 0 bridgehead atoms. The van der Waals surface area contributed by atoms with Gasteiger partial charge in [0.2, 0.25) is 15.7 Å². The van der Waals surface area contributed by atoms with Gasteiger partial charge in [-0.1, -0.05) is 6.07 Å². The third-order valence-electron chi connectivity index (χ3n) is 3.70. The minimum absolute atomic E-state index is 0.131. The fraction of sp³-hybridized carbons (Fsp3) is 0.235. The van der Waals surface area contributed by atoms with Crippen LogP contribution in [0.15, 0.2) is 35.4 Å². The number of carbonyl (C=O) groups is 1. The van der Waals surface area contributed by atoms with Crippen molar-refractivity contribution >= 4 is 27.2 Å². The average molecular weight is 429 g/mol. The molecule has 0 unspecified atom stereocenters. The molecule has 9 nitrogen and oxygen atoms in total. The number of H-pyrrole nitrogens is 1. The third kappa shape index (κ3) is 5.03. The Hall–Kier alpha value is -3.12. The molecule has 0 aliphatic rings. The predicted octanol–water partition coefficient (Wildman–Crippen LogP) is 2.61. The number of alkyl halides is 2. The van der Waals surface area contributed by atoms with Crippen molar-refractivity contribution < 1.29 is 36.6 Å². The average Bonchev–Trinajstić information content (AvgIpc) is 3.04. The number of methoxy groups -OCH3 is 1. The van der Waals surface area contributed by atoms with Gasteiger partial charge in [0, 0.05) is 18.9 Å². The molecule has 2 heterocycles. The quantitative estimate of drug-likeness (QED) is 0.572. The lowest BCUT2D eigenvalue weighted by molar-refractivity contribution is -0.122. The molecule has 0 saturated heterocycles. The van der Waals surface area contributed by atoms with Gasteiger partial charge < -0.3 is 14.6 Å². The number of hydrogen-bond donors (Lipinski definition) is 2. The van der Waals surface area contributed by atoms with E-state index in [1.165, 1.54) is 19.4 Å². The van der Waals surface area contributed by atoms with E-state index in [9.17, 15) is 17.2 Å². The zero-order valence-electron chi connectivity index (χ0n) is 15.3. The maximum atomic E-state index is 12.6. The van der Waals surface area contributed by atoms with Gasteiger partial charge in [0.05, 0.1) is 21.5 Å². The van der Waals surface area contributed by atoms with Crippen molar-refractivity contribution in [2.75, 3.05) is 13.0 Å². The molecular weight excluding hydrogens is 412 g/mol. The van der Waals surface area contributed by atoms with Gasteiger partial charge in [0.1, 0.15) is 0 Å². The Morgan fingerprint density at radius 3 is 2.59 bits per heavy atom. The van der Waals surface area contributed by atoms with E-state index < -0.39 is 22.4 Å². The Bertz CT molecular complexity index is 1100. The summed E-state index contributed by atoms with van der Waals surface area (Å²) in [7, 11) is -2.28. The summed E-state index contributed by atoms with van der Waals surface area (Å²) in [6, 6.07) is 6.18. The summed E-state index contributed by atoms with van der Waals surface area (Å²) in [5.41, 5.74) is 1.85. The molecule has 0 amide bonds. The highest BCUT2D eigenvalue weighted by Crippen LogP contribution is 2.34. The van der Waals surface area contributed by atoms with Gasteiger partial charge >= 0.3 is 6.61 Å². The van der Waals surface area contributed by atoms with Crippen LogP contribution in [0, 0.1) is 6.92 Å². The number of nitrogens with zero attached hydrogens (tertiary/aromatic N) is 2. The first kappa shape index (κ1) is 22.2. The van der Waals surface area contributed by atoms with E-state index in [1.807, 2.05) is 0 Å². The van der Waals surface area contributed by atoms with Crippen LogP contribution in [0.4, 0.5) is 8.78 Å². The lowest BCUT2D eigenvalue weighted by Crippen LogP contribution is -2.09. The zero-order valence-corrected chi connectivity index (χ0v) is 16.1. The number of nitrogens with one attached hydrogen (secondary N) is 1. The summed E-state index contributed by atoms with van der Waals surface area (Å²) in [6.07, 6.45) is 1.49. The van der Waals surface area contributed by atoms with E-state index in [0.717, 1.165) is 0 Å². The van der Waals surface area contributed by atoms with Gasteiger partial charge in [-0.2, -0.15) is 8.78 Å². The second-order valence-electron chi connectivity index (χ2n) is 5.60. The molecular formula is C17H17F2N3O6S. The van der Waals surface area contributed by atoms with E-state index in [2.05, 4.69) is 19.9 Å². The van der Waals surface area contributed by atoms with Gasteiger partial charge in [-0.3, -0.25) is 14.9 Å². The van der Waals surface area contributed by atoms with Crippen LogP contribution in [0.25, 0.3) is 22.2 Å². The lowest BCUT2D eigenvalue weighted by Gasteiger charge is -2.10. The SMILES string of the molecule is COCS(=O)(=O)c1ccc(-c2nccc3[nH]nc(OC(F)F)c23)cc1C.O=CO. The molecule has 0 aliphatic heterocycles. The van der Waals surface area contributed by atoms with Gasteiger partial charge in [-0.25, -0.2) is 8.42 Å². The summed E-state index contributed by atoms with van der Waals surface area (Å²) >= 11 is 0. The molecule has 2 aromatic heterocycles. The first-order chi connectivity index (χ1) is 13.7. The molecule has 0 aliphatic carbocycles. The predicted molar refractivity (Wildman–Crippen MR) is 98.4 cm³/mol. The van der Waals surface area contributed by atoms with Gasteiger partial charge in [0.25, 0.3) is 6.47 Å². The first-order valence-corrected chi connectivity index (χ1v) is 9.58. The van der Waals surface area contributed by atoms with Crippen LogP contribution in [0.1, 0.15) is 5.56 Å². The van der Waals surface area contributed by atoms with Crippen LogP contribution in [0.2, 0.25) is 0 Å². The number of halogens is 2. The molecule has 0 radical (unpaired) electrons. The van der Waals surface area contributed by atoms with Crippen LogP contribution in [-0.2, 0) is 19.4 Å². The highest BCUT2D eigenvalue weighted by atomic mass is 32.2. The van der Waals surface area contributed by atoms with E-state index in [-0.39, 0.29) is 17.2 Å². The number of ether oxygens (including phenoxy) is 2. The maximum absolute atomic E-state index is 12.6.